The van der Waals surface area contributed by atoms with E-state index in [1.54, 1.807) is 30.3 Å². The number of halogens is 2. The Hall–Kier alpha value is -5.74. The number of carboxylic acids is 1. The third-order valence-corrected chi connectivity index (χ3v) is 10.6. The van der Waals surface area contributed by atoms with Gasteiger partial charge in [-0.15, -0.1) is 11.8 Å². The predicted molar refractivity (Wildman–Crippen MR) is 191 cm³/mol. The van der Waals surface area contributed by atoms with Crippen LogP contribution in [0.15, 0.2) is 89.0 Å². The molecule has 3 aromatic carbocycles. The smallest absolute Gasteiger partial charge is 0.352 e. The van der Waals surface area contributed by atoms with Gasteiger partial charge < -0.3 is 34.3 Å². The van der Waals surface area contributed by atoms with Crippen LogP contribution in [0.4, 0.5) is 14.5 Å². The number of aromatic nitrogens is 1. The molecule has 4 heterocycles. The molecule has 0 radical (unpaired) electrons. The summed E-state index contributed by atoms with van der Waals surface area (Å²) in [6.07, 6.45) is 1.23. The Morgan fingerprint density at radius 1 is 0.981 bits per heavy atom. The van der Waals surface area contributed by atoms with E-state index in [-0.39, 0.29) is 34.5 Å². The maximum atomic E-state index is 15.6. The first-order chi connectivity index (χ1) is 25.5. The topological polar surface area (TPSA) is 151 Å². The summed E-state index contributed by atoms with van der Waals surface area (Å²) in [4.78, 5) is 70.3. The SMILES string of the molecule is CN1CCN(c2cc3c(cc2F)c(=O)c(C(=O)OCC2=C(C(=O)O)N4C(=O)[C@@H](NC(=O)COc5ccccc5)[C@H]4SC2)cn3-c2ccc(F)cc2)CC1. The van der Waals surface area contributed by atoms with Crippen LogP contribution in [0, 0.1) is 11.6 Å². The van der Waals surface area contributed by atoms with Gasteiger partial charge >= 0.3 is 11.9 Å². The second kappa shape index (κ2) is 14.7. The molecular weight excluding hydrogens is 712 g/mol. The molecule has 13 nitrogen and oxygen atoms in total. The number of para-hydroxylation sites is 1. The molecule has 16 heteroatoms. The highest BCUT2D eigenvalue weighted by molar-refractivity contribution is 8.00. The number of benzene rings is 3. The normalized spacial score (nSPS) is 18.7. The lowest BCUT2D eigenvalue weighted by Gasteiger charge is -2.49. The lowest BCUT2D eigenvalue weighted by Crippen LogP contribution is -2.71. The number of hydrogen-bond donors (Lipinski definition) is 2. The van der Waals surface area contributed by atoms with E-state index in [9.17, 15) is 33.5 Å². The van der Waals surface area contributed by atoms with E-state index in [0.717, 1.165) is 11.0 Å². The highest BCUT2D eigenvalue weighted by atomic mass is 32.2. The van der Waals surface area contributed by atoms with Crippen molar-refractivity contribution in [1.29, 1.82) is 0 Å². The van der Waals surface area contributed by atoms with Crippen molar-refractivity contribution in [2.75, 3.05) is 57.1 Å². The number of fused-ring (bicyclic) bond motifs is 2. The van der Waals surface area contributed by atoms with Gasteiger partial charge in [0.25, 0.3) is 11.8 Å². The number of thioether (sulfide) groups is 1. The number of likely N-dealkylation sites (N-methyl/N-ethyl adjacent to an activating group) is 1. The molecular formula is C37H33F2N5O8S. The van der Waals surface area contributed by atoms with E-state index < -0.39 is 70.1 Å². The summed E-state index contributed by atoms with van der Waals surface area (Å²) in [7, 11) is 1.97. The number of pyridine rings is 1. The van der Waals surface area contributed by atoms with Crippen LogP contribution in [0.2, 0.25) is 0 Å². The number of nitrogens with zero attached hydrogens (tertiary/aromatic N) is 4. The number of carboxylic acid groups (broad SMARTS) is 1. The summed E-state index contributed by atoms with van der Waals surface area (Å²) in [5, 5.41) is 11.8. The number of anilines is 1. The van der Waals surface area contributed by atoms with Gasteiger partial charge in [0, 0.05) is 54.8 Å². The predicted octanol–water partition coefficient (Wildman–Crippen LogP) is 3.00. The van der Waals surface area contributed by atoms with Crippen molar-refractivity contribution in [2.24, 2.45) is 0 Å². The van der Waals surface area contributed by atoms with Gasteiger partial charge in [-0.3, -0.25) is 19.3 Å². The minimum absolute atomic E-state index is 0.0358. The van der Waals surface area contributed by atoms with Crippen LogP contribution in [0.25, 0.3) is 16.6 Å². The van der Waals surface area contributed by atoms with Gasteiger partial charge in [-0.25, -0.2) is 18.4 Å². The van der Waals surface area contributed by atoms with Gasteiger partial charge in [0.2, 0.25) is 5.43 Å². The number of esters is 1. The number of aliphatic carboxylic acids is 1. The Morgan fingerprint density at radius 3 is 2.40 bits per heavy atom. The van der Waals surface area contributed by atoms with Crippen molar-refractivity contribution in [2.45, 2.75) is 11.4 Å². The van der Waals surface area contributed by atoms with E-state index in [1.807, 2.05) is 11.9 Å². The molecule has 53 heavy (non-hydrogen) atoms. The number of amides is 2. The average molecular weight is 746 g/mol. The number of nitrogens with one attached hydrogen (secondary N) is 1. The fourth-order valence-electron chi connectivity index (χ4n) is 6.49. The third-order valence-electron chi connectivity index (χ3n) is 9.30. The Bertz CT molecular complexity index is 2210. The number of carbonyl (C=O) groups is 4. The molecule has 2 atom stereocenters. The van der Waals surface area contributed by atoms with Crippen molar-refractivity contribution >= 4 is 52.1 Å². The van der Waals surface area contributed by atoms with Gasteiger partial charge in [0.15, 0.2) is 6.61 Å². The molecule has 4 aromatic rings. The van der Waals surface area contributed by atoms with Crippen molar-refractivity contribution in [3.63, 3.8) is 0 Å². The second-order valence-corrected chi connectivity index (χ2v) is 13.8. The summed E-state index contributed by atoms with van der Waals surface area (Å²) in [5.74, 6) is -4.44. The zero-order chi connectivity index (χ0) is 37.4. The van der Waals surface area contributed by atoms with Crippen molar-refractivity contribution in [3.05, 3.63) is 112 Å². The van der Waals surface area contributed by atoms with E-state index >= 15 is 4.39 Å². The number of β-lactam (4-membered cyclic amide) rings is 1. The number of hydrogen-bond acceptors (Lipinski definition) is 10. The maximum Gasteiger partial charge on any atom is 0.352 e. The summed E-state index contributed by atoms with van der Waals surface area (Å²) in [6.45, 7) is 1.60. The van der Waals surface area contributed by atoms with Gasteiger partial charge in [-0.2, -0.15) is 0 Å². The Morgan fingerprint density at radius 2 is 1.70 bits per heavy atom. The van der Waals surface area contributed by atoms with Crippen LogP contribution in [-0.2, 0) is 19.1 Å². The summed E-state index contributed by atoms with van der Waals surface area (Å²) in [6, 6.07) is 15.5. The minimum atomic E-state index is -1.44. The number of rotatable bonds is 10. The number of carbonyl (C=O) groups excluding carboxylic acids is 3. The van der Waals surface area contributed by atoms with Crippen molar-refractivity contribution in [1.82, 2.24) is 19.7 Å². The summed E-state index contributed by atoms with van der Waals surface area (Å²) >= 11 is 1.17. The summed E-state index contributed by atoms with van der Waals surface area (Å²) < 4.78 is 41.9. The zero-order valence-corrected chi connectivity index (χ0v) is 29.1. The molecule has 3 aliphatic heterocycles. The molecule has 7 rings (SSSR count). The van der Waals surface area contributed by atoms with Gasteiger partial charge in [-0.05, 0) is 55.6 Å². The molecule has 2 amide bonds. The molecule has 2 fully saturated rings. The van der Waals surface area contributed by atoms with Crippen LogP contribution < -0.4 is 20.4 Å². The first-order valence-corrected chi connectivity index (χ1v) is 17.7. The second-order valence-electron chi connectivity index (χ2n) is 12.7. The van der Waals surface area contributed by atoms with Gasteiger partial charge in [0.05, 0.1) is 11.2 Å². The molecule has 3 aliphatic rings. The lowest BCUT2D eigenvalue weighted by atomic mass is 10.0. The Balaban J connectivity index is 1.12. The highest BCUT2D eigenvalue weighted by Gasteiger charge is 2.54. The minimum Gasteiger partial charge on any atom is -0.484 e. The average Bonchev–Trinajstić information content (AvgIpc) is 3.16. The van der Waals surface area contributed by atoms with Crippen molar-refractivity contribution in [3.8, 4) is 11.4 Å². The van der Waals surface area contributed by atoms with Crippen molar-refractivity contribution < 1.29 is 42.5 Å². The number of piperazine rings is 1. The molecule has 0 bridgehead atoms. The first-order valence-electron chi connectivity index (χ1n) is 16.6. The van der Waals surface area contributed by atoms with E-state index in [1.165, 1.54) is 52.9 Å². The molecule has 0 saturated carbocycles. The first kappa shape index (κ1) is 35.7. The molecule has 2 N–H and O–H groups in total. The third kappa shape index (κ3) is 7.06. The molecule has 2 saturated heterocycles. The molecule has 0 spiro atoms. The van der Waals surface area contributed by atoms with Crippen LogP contribution in [0.5, 0.6) is 5.75 Å². The fourth-order valence-corrected chi connectivity index (χ4v) is 7.82. The van der Waals surface area contributed by atoms with E-state index in [0.29, 0.717) is 37.6 Å². The van der Waals surface area contributed by atoms with E-state index in [4.69, 9.17) is 9.47 Å². The number of ether oxygens (including phenoxy) is 2. The highest BCUT2D eigenvalue weighted by Crippen LogP contribution is 2.40. The molecule has 1 aromatic heterocycles. The van der Waals surface area contributed by atoms with E-state index in [2.05, 4.69) is 10.2 Å². The zero-order valence-electron chi connectivity index (χ0n) is 28.3. The largest absolute Gasteiger partial charge is 0.484 e. The standard InChI is InChI=1S/C37H33F2N5O8S/c1-41-11-13-42(14-12-41)29-16-28-25(15-27(29)39)33(46)26(17-43(28)23-9-7-22(38)8-10-23)37(50)52-18-21-20-53-35-31(34(47)44(35)32(21)36(48)49)40-30(45)19-51-24-5-3-2-4-6-24/h2-10,15-17,31,35H,11-14,18-20H2,1H3,(H,40,45)(H,48,49)/t31-,35-/m1/s1. The quantitative estimate of drug-likeness (QED) is 0.182. The fraction of sp³-hybridized carbons (Fsp3) is 0.270. The summed E-state index contributed by atoms with van der Waals surface area (Å²) in [5.41, 5.74) is -0.627. The maximum absolute atomic E-state index is 15.6. The van der Waals surface area contributed by atoms with Crippen LogP contribution in [0.3, 0.4) is 0 Å². The van der Waals surface area contributed by atoms with Crippen LogP contribution in [-0.4, -0.2) is 107 Å². The van der Waals surface area contributed by atoms with Gasteiger partial charge in [-0.1, -0.05) is 18.2 Å². The lowest BCUT2D eigenvalue weighted by molar-refractivity contribution is -0.151. The molecule has 0 aliphatic carbocycles. The Kier molecular flexibility index (Phi) is 9.90. The molecule has 0 unspecified atom stereocenters. The van der Waals surface area contributed by atoms with Crippen LogP contribution >= 0.6 is 11.8 Å². The monoisotopic (exact) mass is 745 g/mol. The van der Waals surface area contributed by atoms with Gasteiger partial charge in [0.1, 0.15) is 46.7 Å². The molecule has 274 valence electrons. The van der Waals surface area contributed by atoms with Crippen LogP contribution in [0.1, 0.15) is 10.4 Å². The Labute approximate surface area is 305 Å².